The number of likely N-dealkylation sites (N-methyl/N-ethyl adjacent to an activating group) is 1. The fraction of sp³-hybridized carbons (Fsp3) is 0.571. The summed E-state index contributed by atoms with van der Waals surface area (Å²) in [7, 11) is 2.08. The van der Waals surface area contributed by atoms with Crippen molar-refractivity contribution in [1.82, 2.24) is 4.90 Å². The summed E-state index contributed by atoms with van der Waals surface area (Å²) in [6, 6.07) is 3.87. The van der Waals surface area contributed by atoms with Gasteiger partial charge in [0.15, 0.2) is 0 Å². The first-order valence-corrected chi connectivity index (χ1v) is 7.22. The Morgan fingerprint density at radius 1 is 1.53 bits per heavy atom. The molecule has 1 aliphatic rings. The molecule has 4 nitrogen and oxygen atoms in total. The molecule has 0 bridgehead atoms. The van der Waals surface area contributed by atoms with E-state index >= 15 is 0 Å². The number of rotatable bonds is 4. The molecule has 1 unspecified atom stereocenters. The van der Waals surface area contributed by atoms with Crippen molar-refractivity contribution in [2.24, 2.45) is 0 Å². The zero-order valence-corrected chi connectivity index (χ0v) is 12.9. The Labute approximate surface area is 122 Å². The van der Waals surface area contributed by atoms with Crippen LogP contribution in [0.1, 0.15) is 11.1 Å². The van der Waals surface area contributed by atoms with E-state index in [2.05, 4.69) is 27.9 Å². The van der Waals surface area contributed by atoms with E-state index in [0.717, 1.165) is 41.0 Å². The molecule has 1 saturated heterocycles. The third-order valence-electron chi connectivity index (χ3n) is 3.24. The zero-order chi connectivity index (χ0) is 13.8. The Morgan fingerprint density at radius 2 is 2.32 bits per heavy atom. The van der Waals surface area contributed by atoms with E-state index in [1.807, 2.05) is 19.1 Å². The second-order valence-electron chi connectivity index (χ2n) is 4.94. The number of halogens is 1. The molecule has 2 rings (SSSR count). The first-order chi connectivity index (χ1) is 9.10. The van der Waals surface area contributed by atoms with Crippen molar-refractivity contribution in [3.8, 4) is 5.75 Å². The predicted octanol–water partition coefficient (Wildman–Crippen LogP) is 1.96. The minimum absolute atomic E-state index is 0.0267. The second kappa shape index (κ2) is 6.70. The maximum Gasteiger partial charge on any atom is 0.127 e. The fourth-order valence-electron chi connectivity index (χ4n) is 2.27. The molecule has 5 heteroatoms. The third kappa shape index (κ3) is 3.92. The van der Waals surface area contributed by atoms with E-state index in [4.69, 9.17) is 9.47 Å². The van der Waals surface area contributed by atoms with Crippen molar-refractivity contribution in [1.29, 1.82) is 0 Å². The number of morpholine rings is 1. The highest BCUT2D eigenvalue weighted by Crippen LogP contribution is 2.28. The molecule has 19 heavy (non-hydrogen) atoms. The number of ether oxygens (including phenoxy) is 2. The quantitative estimate of drug-likeness (QED) is 0.916. The van der Waals surface area contributed by atoms with Crippen LogP contribution in [0.3, 0.4) is 0 Å². The van der Waals surface area contributed by atoms with Crippen molar-refractivity contribution in [2.45, 2.75) is 19.6 Å². The summed E-state index contributed by atoms with van der Waals surface area (Å²) in [6.07, 6.45) is 0.0911. The van der Waals surface area contributed by atoms with Crippen LogP contribution in [0.15, 0.2) is 16.6 Å². The number of aliphatic hydroxyl groups is 1. The summed E-state index contributed by atoms with van der Waals surface area (Å²) in [6.45, 7) is 5.06. The van der Waals surface area contributed by atoms with Gasteiger partial charge in [-0.05, 0) is 31.7 Å². The number of aliphatic hydroxyl groups excluding tert-OH is 1. The van der Waals surface area contributed by atoms with E-state index in [0.29, 0.717) is 6.61 Å². The van der Waals surface area contributed by atoms with Gasteiger partial charge in [-0.2, -0.15) is 0 Å². The van der Waals surface area contributed by atoms with Gasteiger partial charge < -0.3 is 19.5 Å². The Morgan fingerprint density at radius 3 is 3.00 bits per heavy atom. The highest BCUT2D eigenvalue weighted by Gasteiger charge is 2.19. The van der Waals surface area contributed by atoms with Crippen molar-refractivity contribution in [3.63, 3.8) is 0 Å². The lowest BCUT2D eigenvalue weighted by Gasteiger charge is -2.30. The van der Waals surface area contributed by atoms with E-state index in [1.165, 1.54) is 0 Å². The zero-order valence-electron chi connectivity index (χ0n) is 11.4. The summed E-state index contributed by atoms with van der Waals surface area (Å²) >= 11 is 3.43. The molecule has 0 aromatic heterocycles. The molecule has 0 radical (unpaired) electrons. The first-order valence-electron chi connectivity index (χ1n) is 6.43. The number of benzene rings is 1. The normalized spacial score (nSPS) is 20.5. The van der Waals surface area contributed by atoms with Crippen LogP contribution in [0.25, 0.3) is 0 Å². The van der Waals surface area contributed by atoms with Gasteiger partial charge in [0.25, 0.3) is 0 Å². The summed E-state index contributed by atoms with van der Waals surface area (Å²) < 4.78 is 12.5. The SMILES string of the molecule is Cc1cc(Br)cc(CO)c1OCC1CN(C)CCO1. The molecular weight excluding hydrogens is 310 g/mol. The van der Waals surface area contributed by atoms with Crippen LogP contribution in [0, 0.1) is 6.92 Å². The van der Waals surface area contributed by atoms with Gasteiger partial charge in [-0.1, -0.05) is 15.9 Å². The van der Waals surface area contributed by atoms with Gasteiger partial charge in [-0.15, -0.1) is 0 Å². The standard InChI is InChI=1S/C14H20BrNO3/c1-10-5-12(15)6-11(8-17)14(10)19-9-13-7-16(2)3-4-18-13/h5-6,13,17H,3-4,7-9H2,1-2H3. The lowest BCUT2D eigenvalue weighted by Crippen LogP contribution is -2.42. The minimum atomic E-state index is -0.0267. The maximum absolute atomic E-state index is 9.41. The molecule has 0 amide bonds. The van der Waals surface area contributed by atoms with Crippen LogP contribution in [-0.2, 0) is 11.3 Å². The average Bonchev–Trinajstić information content (AvgIpc) is 2.37. The summed E-state index contributed by atoms with van der Waals surface area (Å²) in [5, 5.41) is 9.41. The topological polar surface area (TPSA) is 41.9 Å². The fourth-order valence-corrected chi connectivity index (χ4v) is 2.89. The summed E-state index contributed by atoms with van der Waals surface area (Å²) in [5.41, 5.74) is 1.82. The molecule has 1 N–H and O–H groups in total. The molecule has 1 aromatic carbocycles. The molecule has 1 aliphatic heterocycles. The lowest BCUT2D eigenvalue weighted by molar-refractivity contribution is -0.0406. The second-order valence-corrected chi connectivity index (χ2v) is 5.85. The van der Waals surface area contributed by atoms with Crippen molar-refractivity contribution in [3.05, 3.63) is 27.7 Å². The summed E-state index contributed by atoms with van der Waals surface area (Å²) in [5.74, 6) is 0.766. The van der Waals surface area contributed by atoms with Crippen molar-refractivity contribution >= 4 is 15.9 Å². The molecule has 0 saturated carbocycles. The maximum atomic E-state index is 9.41. The van der Waals surface area contributed by atoms with Gasteiger partial charge in [-0.25, -0.2) is 0 Å². The lowest BCUT2D eigenvalue weighted by atomic mass is 10.1. The van der Waals surface area contributed by atoms with Crippen LogP contribution < -0.4 is 4.74 Å². The van der Waals surface area contributed by atoms with Crippen molar-refractivity contribution < 1.29 is 14.6 Å². The number of nitrogens with zero attached hydrogens (tertiary/aromatic N) is 1. The first kappa shape index (κ1) is 14.8. The number of aryl methyl sites for hydroxylation is 1. The highest BCUT2D eigenvalue weighted by molar-refractivity contribution is 9.10. The smallest absolute Gasteiger partial charge is 0.127 e. The molecule has 0 aliphatic carbocycles. The van der Waals surface area contributed by atoms with Gasteiger partial charge in [0.05, 0.1) is 13.2 Å². The molecule has 1 aromatic rings. The summed E-state index contributed by atoms with van der Waals surface area (Å²) in [4.78, 5) is 2.24. The van der Waals surface area contributed by atoms with E-state index < -0.39 is 0 Å². The molecule has 1 fully saturated rings. The van der Waals surface area contributed by atoms with Crippen molar-refractivity contribution in [2.75, 3.05) is 33.4 Å². The van der Waals surface area contributed by atoms with Crippen LogP contribution >= 0.6 is 15.9 Å². The number of hydrogen-bond acceptors (Lipinski definition) is 4. The Hall–Kier alpha value is -0.620. The van der Waals surface area contributed by atoms with Gasteiger partial charge in [0.1, 0.15) is 18.5 Å². The van der Waals surface area contributed by atoms with Gasteiger partial charge in [-0.3, -0.25) is 0 Å². The van der Waals surface area contributed by atoms with Crippen LogP contribution in [0.5, 0.6) is 5.75 Å². The van der Waals surface area contributed by atoms with Crippen LogP contribution in [0.2, 0.25) is 0 Å². The molecule has 106 valence electrons. The minimum Gasteiger partial charge on any atom is -0.490 e. The number of hydrogen-bond donors (Lipinski definition) is 1. The van der Waals surface area contributed by atoms with Gasteiger partial charge in [0.2, 0.25) is 0 Å². The van der Waals surface area contributed by atoms with E-state index in [-0.39, 0.29) is 12.7 Å². The molecule has 1 heterocycles. The van der Waals surface area contributed by atoms with E-state index in [1.54, 1.807) is 0 Å². The van der Waals surface area contributed by atoms with Gasteiger partial charge in [0, 0.05) is 23.1 Å². The highest BCUT2D eigenvalue weighted by atomic mass is 79.9. The molecule has 0 spiro atoms. The third-order valence-corrected chi connectivity index (χ3v) is 3.70. The van der Waals surface area contributed by atoms with Gasteiger partial charge >= 0.3 is 0 Å². The molecule has 1 atom stereocenters. The Bertz CT molecular complexity index is 439. The molecular formula is C14H20BrNO3. The van der Waals surface area contributed by atoms with E-state index in [9.17, 15) is 5.11 Å². The van der Waals surface area contributed by atoms with Crippen LogP contribution in [0.4, 0.5) is 0 Å². The monoisotopic (exact) mass is 329 g/mol. The van der Waals surface area contributed by atoms with Crippen LogP contribution in [-0.4, -0.2) is 49.5 Å². The Balaban J connectivity index is 2.02. The average molecular weight is 330 g/mol. The predicted molar refractivity (Wildman–Crippen MR) is 77.5 cm³/mol. The Kier molecular flexibility index (Phi) is 5.21. The largest absolute Gasteiger partial charge is 0.490 e.